The molecule has 0 unspecified atom stereocenters. The van der Waals surface area contributed by atoms with Crippen molar-refractivity contribution in [2.45, 2.75) is 6.18 Å². The monoisotopic (exact) mass is 487 g/mol. The van der Waals surface area contributed by atoms with E-state index in [4.69, 9.17) is 9.47 Å². The number of alkyl halides is 3. The number of amidine groups is 1. The Morgan fingerprint density at radius 3 is 2.50 bits per heavy atom. The molecule has 3 heterocycles. The quantitative estimate of drug-likeness (QED) is 0.485. The summed E-state index contributed by atoms with van der Waals surface area (Å²) in [6, 6.07) is 12.1. The van der Waals surface area contributed by atoms with Crippen molar-refractivity contribution in [3.8, 4) is 17.2 Å². The SMILES string of the molecule is COc1ccc2c(c1)C(N1CCN(C(=O)c3cccs3)CC1)=Nc1cc(C(F)(F)F)ccc1O2. The third-order valence-corrected chi connectivity index (χ3v) is 6.62. The normalized spacial score (nSPS) is 15.6. The number of hydrogen-bond donors (Lipinski definition) is 0. The fourth-order valence-corrected chi connectivity index (χ4v) is 4.67. The molecule has 0 aliphatic carbocycles. The van der Waals surface area contributed by atoms with Crippen molar-refractivity contribution < 1.29 is 27.4 Å². The highest BCUT2D eigenvalue weighted by atomic mass is 32.1. The molecule has 176 valence electrons. The summed E-state index contributed by atoms with van der Waals surface area (Å²) in [5, 5.41) is 1.86. The third-order valence-electron chi connectivity index (χ3n) is 5.76. The Bertz CT molecular complexity index is 1250. The highest BCUT2D eigenvalue weighted by Gasteiger charge is 2.33. The number of nitrogens with zero attached hydrogens (tertiary/aromatic N) is 3. The lowest BCUT2D eigenvalue weighted by atomic mass is 10.1. The van der Waals surface area contributed by atoms with Crippen LogP contribution in [0.5, 0.6) is 17.2 Å². The minimum Gasteiger partial charge on any atom is -0.497 e. The van der Waals surface area contributed by atoms with Crippen LogP contribution < -0.4 is 9.47 Å². The van der Waals surface area contributed by atoms with Gasteiger partial charge in [-0.25, -0.2) is 4.99 Å². The first-order chi connectivity index (χ1) is 16.3. The number of piperazine rings is 1. The van der Waals surface area contributed by atoms with Crippen LogP contribution in [0.25, 0.3) is 0 Å². The maximum Gasteiger partial charge on any atom is 0.416 e. The largest absolute Gasteiger partial charge is 0.497 e. The summed E-state index contributed by atoms with van der Waals surface area (Å²) in [6.07, 6.45) is -4.50. The first-order valence-electron chi connectivity index (χ1n) is 10.6. The average Bonchev–Trinajstić information content (AvgIpc) is 3.32. The smallest absolute Gasteiger partial charge is 0.416 e. The van der Waals surface area contributed by atoms with Gasteiger partial charge >= 0.3 is 6.18 Å². The molecule has 1 fully saturated rings. The molecule has 6 nitrogen and oxygen atoms in total. The van der Waals surface area contributed by atoms with E-state index < -0.39 is 11.7 Å². The van der Waals surface area contributed by atoms with Gasteiger partial charge in [-0.2, -0.15) is 13.2 Å². The molecular weight excluding hydrogens is 467 g/mol. The molecule has 0 bridgehead atoms. The summed E-state index contributed by atoms with van der Waals surface area (Å²) in [5.41, 5.74) is -0.0907. The van der Waals surface area contributed by atoms with Crippen LogP contribution in [0.1, 0.15) is 20.8 Å². The van der Waals surface area contributed by atoms with Gasteiger partial charge in [0.2, 0.25) is 0 Å². The van der Waals surface area contributed by atoms with Gasteiger partial charge in [0, 0.05) is 26.2 Å². The molecule has 0 atom stereocenters. The lowest BCUT2D eigenvalue weighted by Crippen LogP contribution is -2.50. The number of benzene rings is 2. The number of hydrogen-bond acceptors (Lipinski definition) is 6. The molecule has 2 aromatic carbocycles. The van der Waals surface area contributed by atoms with Crippen LogP contribution in [0.4, 0.5) is 18.9 Å². The molecule has 1 saturated heterocycles. The van der Waals surface area contributed by atoms with Crippen LogP contribution in [-0.2, 0) is 6.18 Å². The van der Waals surface area contributed by atoms with Crippen molar-refractivity contribution in [3.05, 3.63) is 69.9 Å². The molecule has 2 aliphatic heterocycles. The molecule has 0 radical (unpaired) electrons. The van der Waals surface area contributed by atoms with Crippen LogP contribution in [0.3, 0.4) is 0 Å². The first kappa shape index (κ1) is 22.3. The predicted molar refractivity (Wildman–Crippen MR) is 123 cm³/mol. The summed E-state index contributed by atoms with van der Waals surface area (Å²) in [6.45, 7) is 1.87. The van der Waals surface area contributed by atoms with Gasteiger partial charge in [0.15, 0.2) is 5.75 Å². The molecule has 3 aromatic rings. The van der Waals surface area contributed by atoms with Gasteiger partial charge in [-0.3, -0.25) is 4.79 Å². The Kier molecular flexibility index (Phi) is 5.68. The number of halogens is 3. The molecule has 0 spiro atoms. The zero-order valence-electron chi connectivity index (χ0n) is 18.1. The zero-order valence-corrected chi connectivity index (χ0v) is 18.9. The second kappa shape index (κ2) is 8.68. The van der Waals surface area contributed by atoms with Crippen LogP contribution in [0.15, 0.2) is 58.9 Å². The van der Waals surface area contributed by atoms with Gasteiger partial charge in [0.1, 0.15) is 23.0 Å². The summed E-state index contributed by atoms with van der Waals surface area (Å²) in [7, 11) is 1.54. The van der Waals surface area contributed by atoms with E-state index in [0.29, 0.717) is 54.0 Å². The third kappa shape index (κ3) is 4.21. The molecule has 0 saturated carbocycles. The fourth-order valence-electron chi connectivity index (χ4n) is 3.98. The molecule has 1 aromatic heterocycles. The number of ether oxygens (including phenoxy) is 2. The lowest BCUT2D eigenvalue weighted by molar-refractivity contribution is -0.137. The second-order valence-electron chi connectivity index (χ2n) is 7.84. The molecule has 34 heavy (non-hydrogen) atoms. The van der Waals surface area contributed by atoms with E-state index in [1.54, 1.807) is 29.2 Å². The van der Waals surface area contributed by atoms with Crippen molar-refractivity contribution in [2.24, 2.45) is 4.99 Å². The standard InChI is InChI=1S/C24H20F3N3O3S/c1-32-16-5-7-19-17(14-16)22(28-18-13-15(24(25,26)27)4-6-20(18)33-19)29-8-10-30(11-9-29)23(31)21-3-2-12-34-21/h2-7,12-14H,8-11H2,1H3. The number of fused-ring (bicyclic) bond motifs is 2. The topological polar surface area (TPSA) is 54.4 Å². The zero-order chi connectivity index (χ0) is 23.9. The minimum absolute atomic E-state index is 0.0250. The van der Waals surface area contributed by atoms with Crippen LogP contribution in [0.2, 0.25) is 0 Å². The van der Waals surface area contributed by atoms with Crippen molar-refractivity contribution in [2.75, 3.05) is 33.3 Å². The number of aliphatic imine (C=N–C) groups is 1. The van der Waals surface area contributed by atoms with E-state index in [1.165, 1.54) is 24.5 Å². The van der Waals surface area contributed by atoms with E-state index >= 15 is 0 Å². The van der Waals surface area contributed by atoms with E-state index in [2.05, 4.69) is 4.99 Å². The number of thiophene rings is 1. The Labute approximate surface area is 197 Å². The number of rotatable bonds is 2. The van der Waals surface area contributed by atoms with Gasteiger partial charge in [-0.05, 0) is 47.8 Å². The molecule has 1 amide bonds. The van der Waals surface area contributed by atoms with Crippen molar-refractivity contribution in [3.63, 3.8) is 0 Å². The van der Waals surface area contributed by atoms with Crippen molar-refractivity contribution in [1.29, 1.82) is 0 Å². The Morgan fingerprint density at radius 1 is 1.06 bits per heavy atom. The summed E-state index contributed by atoms with van der Waals surface area (Å²) < 4.78 is 51.4. The summed E-state index contributed by atoms with van der Waals surface area (Å²) in [5.74, 6) is 1.73. The summed E-state index contributed by atoms with van der Waals surface area (Å²) in [4.78, 5) is 21.8. The van der Waals surface area contributed by atoms with Gasteiger partial charge in [0.05, 0.1) is 23.1 Å². The average molecular weight is 488 g/mol. The molecule has 10 heteroatoms. The lowest BCUT2D eigenvalue weighted by Gasteiger charge is -2.36. The van der Waals surface area contributed by atoms with E-state index in [1.807, 2.05) is 16.3 Å². The number of amides is 1. The van der Waals surface area contributed by atoms with Crippen LogP contribution in [0, 0.1) is 0 Å². The Hall–Kier alpha value is -3.53. The number of carbonyl (C=O) groups is 1. The van der Waals surface area contributed by atoms with E-state index in [0.717, 1.165) is 12.1 Å². The first-order valence-corrected chi connectivity index (χ1v) is 11.5. The van der Waals surface area contributed by atoms with Gasteiger partial charge < -0.3 is 19.3 Å². The number of methoxy groups -OCH3 is 1. The molecule has 5 rings (SSSR count). The highest BCUT2D eigenvalue weighted by molar-refractivity contribution is 7.12. The van der Waals surface area contributed by atoms with Crippen molar-refractivity contribution in [1.82, 2.24) is 9.80 Å². The Morgan fingerprint density at radius 2 is 1.82 bits per heavy atom. The predicted octanol–water partition coefficient (Wildman–Crippen LogP) is 5.42. The van der Waals surface area contributed by atoms with E-state index in [-0.39, 0.29) is 17.3 Å². The maximum absolute atomic E-state index is 13.4. The summed E-state index contributed by atoms with van der Waals surface area (Å²) >= 11 is 1.40. The second-order valence-corrected chi connectivity index (χ2v) is 8.78. The van der Waals surface area contributed by atoms with Crippen molar-refractivity contribution >= 4 is 28.8 Å². The molecule has 2 aliphatic rings. The molecular formula is C24H20F3N3O3S. The van der Waals surface area contributed by atoms with Gasteiger partial charge in [-0.1, -0.05) is 6.07 Å². The van der Waals surface area contributed by atoms with Gasteiger partial charge in [0.25, 0.3) is 5.91 Å². The van der Waals surface area contributed by atoms with Crippen LogP contribution >= 0.6 is 11.3 Å². The van der Waals surface area contributed by atoms with Gasteiger partial charge in [-0.15, -0.1) is 11.3 Å². The number of carbonyl (C=O) groups excluding carboxylic acids is 1. The minimum atomic E-state index is -4.50. The van der Waals surface area contributed by atoms with Crippen LogP contribution in [-0.4, -0.2) is 54.8 Å². The fraction of sp³-hybridized carbons (Fsp3) is 0.250. The van der Waals surface area contributed by atoms with E-state index in [9.17, 15) is 18.0 Å². The maximum atomic E-state index is 13.4. The molecule has 0 N–H and O–H groups in total. The Balaban J connectivity index is 1.50. The highest BCUT2D eigenvalue weighted by Crippen LogP contribution is 2.42.